The van der Waals surface area contributed by atoms with Crippen molar-refractivity contribution in [2.24, 2.45) is 5.92 Å². The van der Waals surface area contributed by atoms with Crippen molar-refractivity contribution in [1.29, 1.82) is 5.26 Å². The van der Waals surface area contributed by atoms with Gasteiger partial charge in [-0.2, -0.15) is 0 Å². The van der Waals surface area contributed by atoms with E-state index in [2.05, 4.69) is 47.8 Å². The molecule has 0 unspecified atom stereocenters. The summed E-state index contributed by atoms with van der Waals surface area (Å²) < 4.78 is 0. The second kappa shape index (κ2) is 7.40. The topological polar surface area (TPSA) is 30.3 Å². The van der Waals surface area contributed by atoms with Crippen LogP contribution in [0, 0.1) is 31.0 Å². The lowest BCUT2D eigenvalue weighted by Crippen LogP contribution is -2.47. The van der Waals surface area contributed by atoms with Crippen LogP contribution in [0.3, 0.4) is 0 Å². The Morgan fingerprint density at radius 1 is 1.17 bits per heavy atom. The van der Waals surface area contributed by atoms with E-state index in [1.807, 2.05) is 7.28 Å². The molecule has 0 atom stereocenters. The molecule has 0 N–H and O–H groups in total. The second-order valence-corrected chi connectivity index (χ2v) is 7.23. The van der Waals surface area contributed by atoms with Crippen LogP contribution < -0.4 is 4.90 Å². The third-order valence-corrected chi connectivity index (χ3v) is 5.72. The maximum atomic E-state index is 8.66. The highest BCUT2D eigenvalue weighted by Crippen LogP contribution is 2.40. The lowest BCUT2D eigenvalue weighted by molar-refractivity contribution is 0.205. The first kappa shape index (κ1) is 16.4. The van der Waals surface area contributed by atoms with Gasteiger partial charge in [0.05, 0.1) is 0 Å². The van der Waals surface area contributed by atoms with E-state index in [1.54, 1.807) is 0 Å². The lowest BCUT2D eigenvalue weighted by Gasteiger charge is -2.39. The van der Waals surface area contributed by atoms with Gasteiger partial charge in [-0.25, -0.2) is 5.26 Å². The van der Waals surface area contributed by atoms with E-state index < -0.39 is 0 Å². The third-order valence-electron chi connectivity index (χ3n) is 5.72. The van der Waals surface area contributed by atoms with Crippen molar-refractivity contribution in [3.63, 3.8) is 0 Å². The van der Waals surface area contributed by atoms with Gasteiger partial charge in [0, 0.05) is 31.9 Å². The zero-order chi connectivity index (χ0) is 16.2. The van der Waals surface area contributed by atoms with Crippen LogP contribution >= 0.6 is 0 Å². The van der Waals surface area contributed by atoms with E-state index in [-0.39, 0.29) is 0 Å². The van der Waals surface area contributed by atoms with Gasteiger partial charge in [-0.05, 0) is 55.9 Å². The van der Waals surface area contributed by atoms with Gasteiger partial charge in [0.15, 0.2) is 0 Å². The number of benzene rings is 1. The molecule has 3 rings (SSSR count). The van der Waals surface area contributed by atoms with Crippen LogP contribution in [-0.4, -0.2) is 44.9 Å². The largest absolute Gasteiger partial charge is 0.369 e. The highest BCUT2D eigenvalue weighted by atomic mass is 15.3. The second-order valence-electron chi connectivity index (χ2n) is 7.23. The summed E-state index contributed by atoms with van der Waals surface area (Å²) in [4.78, 5) is 5.16. The van der Waals surface area contributed by atoms with Crippen LogP contribution in [0.5, 0.6) is 0 Å². The summed E-state index contributed by atoms with van der Waals surface area (Å²) in [6.45, 7) is 10.3. The number of nitrogens with zero attached hydrogens (tertiary/aromatic N) is 3. The van der Waals surface area contributed by atoms with Gasteiger partial charge in [-0.1, -0.05) is 30.8 Å². The highest BCUT2D eigenvalue weighted by molar-refractivity contribution is 6.47. The minimum Gasteiger partial charge on any atom is -0.369 e. The number of hydrogen-bond acceptors (Lipinski definition) is 3. The minimum atomic E-state index is 0.575. The summed E-state index contributed by atoms with van der Waals surface area (Å²) in [6.07, 6.45) is 3.77. The molecule has 0 bridgehead atoms. The molecule has 2 aliphatic rings. The van der Waals surface area contributed by atoms with E-state index in [0.717, 1.165) is 19.0 Å². The third kappa shape index (κ3) is 3.90. The molecule has 1 aromatic rings. The molecule has 1 heterocycles. The summed E-state index contributed by atoms with van der Waals surface area (Å²) in [5.74, 6) is 3.61. The molecule has 2 fully saturated rings. The average molecular weight is 308 g/mol. The van der Waals surface area contributed by atoms with Gasteiger partial charge in [-0.15, -0.1) is 0 Å². The molecule has 3 nitrogen and oxygen atoms in total. The monoisotopic (exact) mass is 308 g/mol. The SMILES string of the molecule is Cc1cccc(N2CCN(CCC3CC([B]C#N)C3)CC2)c1C. The number of hydrogen-bond donors (Lipinski definition) is 0. The molecule has 1 aliphatic carbocycles. The molecule has 0 aromatic heterocycles. The Balaban J connectivity index is 1.41. The first-order chi connectivity index (χ1) is 11.2. The molecule has 23 heavy (non-hydrogen) atoms. The smallest absolute Gasteiger partial charge is 0.258 e. The highest BCUT2D eigenvalue weighted by Gasteiger charge is 2.30. The van der Waals surface area contributed by atoms with Gasteiger partial charge < -0.3 is 4.90 Å². The Morgan fingerprint density at radius 3 is 2.61 bits per heavy atom. The lowest BCUT2D eigenvalue weighted by atomic mass is 9.52. The molecule has 0 amide bonds. The quantitative estimate of drug-likeness (QED) is 0.783. The van der Waals surface area contributed by atoms with Crippen LogP contribution in [0.25, 0.3) is 0 Å². The van der Waals surface area contributed by atoms with Crippen LogP contribution in [0.2, 0.25) is 5.82 Å². The predicted molar refractivity (Wildman–Crippen MR) is 97.0 cm³/mol. The van der Waals surface area contributed by atoms with Crippen LogP contribution in [0.4, 0.5) is 5.69 Å². The Bertz CT molecular complexity index is 566. The van der Waals surface area contributed by atoms with E-state index in [4.69, 9.17) is 5.26 Å². The predicted octanol–water partition coefficient (Wildman–Crippen LogP) is 3.20. The zero-order valence-corrected chi connectivity index (χ0v) is 14.5. The van der Waals surface area contributed by atoms with Crippen molar-refractivity contribution in [3.05, 3.63) is 29.3 Å². The molecule has 1 saturated heterocycles. The average Bonchev–Trinajstić information content (AvgIpc) is 2.53. The van der Waals surface area contributed by atoms with Gasteiger partial charge in [0.1, 0.15) is 0 Å². The Hall–Kier alpha value is -1.47. The number of anilines is 1. The number of rotatable bonds is 5. The summed E-state index contributed by atoms with van der Waals surface area (Å²) in [7, 11) is 1.82. The van der Waals surface area contributed by atoms with Crippen molar-refractivity contribution in [3.8, 4) is 5.97 Å². The van der Waals surface area contributed by atoms with Crippen molar-refractivity contribution in [2.75, 3.05) is 37.6 Å². The number of piperazine rings is 1. The molecule has 4 heteroatoms. The Morgan fingerprint density at radius 2 is 1.91 bits per heavy atom. The van der Waals surface area contributed by atoms with Gasteiger partial charge in [-0.3, -0.25) is 4.90 Å². The Kier molecular flexibility index (Phi) is 5.28. The maximum Gasteiger partial charge on any atom is 0.258 e. The maximum absolute atomic E-state index is 8.66. The molecular formula is C19H27BN3. The molecule has 0 spiro atoms. The fraction of sp³-hybridized carbons (Fsp3) is 0.632. The van der Waals surface area contributed by atoms with E-state index >= 15 is 0 Å². The first-order valence-corrected chi connectivity index (χ1v) is 8.94. The van der Waals surface area contributed by atoms with Gasteiger partial charge >= 0.3 is 0 Å². The van der Waals surface area contributed by atoms with Crippen LogP contribution in [0.1, 0.15) is 30.4 Å². The standard InChI is InChI=1S/C19H27BN3/c1-15-4-3-5-19(16(15)2)23-10-8-22(9-11-23)7-6-17-12-18(13-17)20-14-21/h3-5,17-18H,6-13H2,1-2H3. The van der Waals surface area contributed by atoms with Crippen molar-refractivity contribution in [2.45, 2.75) is 38.9 Å². The number of aryl methyl sites for hydroxylation is 1. The first-order valence-electron chi connectivity index (χ1n) is 8.94. The normalized spacial score (nSPS) is 24.8. The molecule has 1 aromatic carbocycles. The van der Waals surface area contributed by atoms with E-state index in [1.165, 1.54) is 55.7 Å². The van der Waals surface area contributed by atoms with Crippen molar-refractivity contribution < 1.29 is 0 Å². The fourth-order valence-electron chi connectivity index (χ4n) is 3.92. The molecule has 1 aliphatic heterocycles. The van der Waals surface area contributed by atoms with Gasteiger partial charge in [0.2, 0.25) is 0 Å². The molecule has 121 valence electrons. The molecule has 1 radical (unpaired) electrons. The summed E-state index contributed by atoms with van der Waals surface area (Å²) >= 11 is 0. The van der Waals surface area contributed by atoms with Gasteiger partial charge in [0.25, 0.3) is 7.28 Å². The van der Waals surface area contributed by atoms with Crippen molar-refractivity contribution in [1.82, 2.24) is 4.90 Å². The fourth-order valence-corrected chi connectivity index (χ4v) is 3.92. The van der Waals surface area contributed by atoms with E-state index in [0.29, 0.717) is 5.82 Å². The van der Waals surface area contributed by atoms with E-state index in [9.17, 15) is 0 Å². The van der Waals surface area contributed by atoms with Crippen LogP contribution in [-0.2, 0) is 0 Å². The Labute approximate surface area is 141 Å². The number of nitriles is 1. The summed E-state index contributed by atoms with van der Waals surface area (Å²) in [5.41, 5.74) is 4.23. The summed E-state index contributed by atoms with van der Waals surface area (Å²) in [5, 5.41) is 8.66. The van der Waals surface area contributed by atoms with Crippen molar-refractivity contribution >= 4 is 13.0 Å². The minimum absolute atomic E-state index is 0.575. The molecular weight excluding hydrogens is 281 g/mol. The molecule has 1 saturated carbocycles. The van der Waals surface area contributed by atoms with Crippen LogP contribution in [0.15, 0.2) is 18.2 Å². The zero-order valence-electron chi connectivity index (χ0n) is 14.5. The summed E-state index contributed by atoms with van der Waals surface area (Å²) in [6, 6.07) is 6.64.